The molecule has 13 heteroatoms. The molecule has 4 rings (SSSR count). The normalized spacial score (nSPS) is 13.5. The summed E-state index contributed by atoms with van der Waals surface area (Å²) in [6.07, 6.45) is 0.841. The summed E-state index contributed by atoms with van der Waals surface area (Å²) in [5.74, 6) is -1.88. The number of aryl methyl sites for hydroxylation is 2. The summed E-state index contributed by atoms with van der Waals surface area (Å²) in [7, 11) is -8.11. The zero-order valence-electron chi connectivity index (χ0n) is 27.5. The molecule has 258 valence electrons. The average molecular weight is 714 g/mol. The Morgan fingerprint density at radius 1 is 0.854 bits per heavy atom. The maximum Gasteiger partial charge on any atom is 0.322 e. The lowest BCUT2D eigenvalue weighted by Gasteiger charge is -2.29. The van der Waals surface area contributed by atoms with Crippen molar-refractivity contribution < 1.29 is 31.5 Å². The molecule has 0 fully saturated rings. The molecule has 10 nitrogen and oxygen atoms in total. The number of amides is 1. The number of aliphatic carboxylic acids is 1. The Morgan fingerprint density at radius 2 is 1.46 bits per heavy atom. The van der Waals surface area contributed by atoms with Gasteiger partial charge in [0.1, 0.15) is 12.1 Å². The van der Waals surface area contributed by atoms with Crippen molar-refractivity contribution >= 4 is 53.3 Å². The first kappa shape index (κ1) is 37.2. The van der Waals surface area contributed by atoms with Gasteiger partial charge < -0.3 is 10.4 Å². The zero-order valence-corrected chi connectivity index (χ0v) is 30.0. The predicted octanol–water partition coefficient (Wildman–Crippen LogP) is 5.49. The predicted molar refractivity (Wildman–Crippen MR) is 189 cm³/mol. The topological polar surface area (TPSA) is 150 Å². The molecule has 0 unspecified atom stereocenters. The van der Waals surface area contributed by atoms with Crippen LogP contribution in [0.3, 0.4) is 0 Å². The second kappa shape index (κ2) is 16.2. The summed E-state index contributed by atoms with van der Waals surface area (Å²) in [6, 6.07) is 20.0. The summed E-state index contributed by atoms with van der Waals surface area (Å²) in [6.45, 7) is 7.53. The Kier molecular flexibility index (Phi) is 12.5. The molecular formula is C35H43N3O7S3. The summed E-state index contributed by atoms with van der Waals surface area (Å²) >= 11 is 1.49. The average Bonchev–Trinajstić information content (AvgIpc) is 3.44. The molecule has 4 aromatic rings. The minimum Gasteiger partial charge on any atom is -0.480 e. The fourth-order valence-electron chi connectivity index (χ4n) is 5.29. The third kappa shape index (κ3) is 9.73. The van der Waals surface area contributed by atoms with E-state index in [4.69, 9.17) is 0 Å². The van der Waals surface area contributed by atoms with Crippen LogP contribution in [0.5, 0.6) is 0 Å². The van der Waals surface area contributed by atoms with E-state index in [0.717, 1.165) is 30.4 Å². The van der Waals surface area contributed by atoms with Gasteiger partial charge in [0, 0.05) is 29.1 Å². The first-order valence-corrected chi connectivity index (χ1v) is 19.6. The van der Waals surface area contributed by atoms with Crippen molar-refractivity contribution in [3.05, 3.63) is 94.9 Å². The fraction of sp³-hybridized carbons (Fsp3) is 0.371. The molecule has 0 bridgehead atoms. The van der Waals surface area contributed by atoms with Gasteiger partial charge in [-0.1, -0.05) is 67.4 Å². The molecule has 1 aromatic heterocycles. The van der Waals surface area contributed by atoms with Crippen molar-refractivity contribution in [1.29, 1.82) is 0 Å². The minimum absolute atomic E-state index is 0.0322. The molecule has 0 radical (unpaired) electrons. The Balaban J connectivity index is 1.44. The molecule has 1 heterocycles. The van der Waals surface area contributed by atoms with E-state index in [1.165, 1.54) is 35.6 Å². The van der Waals surface area contributed by atoms with Crippen LogP contribution < -0.4 is 10.0 Å². The molecule has 0 saturated carbocycles. The molecule has 0 aliphatic carbocycles. The number of unbranched alkanes of at least 4 members (excludes halogenated alkanes) is 1. The third-order valence-electron chi connectivity index (χ3n) is 7.84. The molecule has 0 aliphatic rings. The van der Waals surface area contributed by atoms with Gasteiger partial charge in [-0.15, -0.1) is 11.3 Å². The number of nitrogens with zero attached hydrogens (tertiary/aromatic N) is 1. The summed E-state index contributed by atoms with van der Waals surface area (Å²) in [5, 5.41) is 13.9. The number of sulfonamides is 2. The van der Waals surface area contributed by atoms with Gasteiger partial charge in [-0.05, 0) is 80.8 Å². The number of hydrogen-bond acceptors (Lipinski definition) is 7. The van der Waals surface area contributed by atoms with Crippen molar-refractivity contribution in [2.45, 2.75) is 75.3 Å². The van der Waals surface area contributed by atoms with Gasteiger partial charge in [0.25, 0.3) is 0 Å². The van der Waals surface area contributed by atoms with Crippen LogP contribution >= 0.6 is 11.3 Å². The summed E-state index contributed by atoms with van der Waals surface area (Å²) < 4.78 is 58.4. The number of thiophene rings is 1. The molecule has 0 spiro atoms. The van der Waals surface area contributed by atoms with E-state index < -0.39 is 44.0 Å². The van der Waals surface area contributed by atoms with Crippen molar-refractivity contribution in [2.75, 3.05) is 13.1 Å². The Labute approximate surface area is 287 Å². The van der Waals surface area contributed by atoms with E-state index in [2.05, 4.69) is 10.0 Å². The van der Waals surface area contributed by atoms with E-state index in [9.17, 15) is 31.5 Å². The number of hydrogen-bond donors (Lipinski definition) is 3. The zero-order chi connectivity index (χ0) is 35.1. The van der Waals surface area contributed by atoms with Crippen LogP contribution in [-0.4, -0.2) is 63.3 Å². The molecule has 0 saturated heterocycles. The number of carbonyl (C=O) groups is 2. The van der Waals surface area contributed by atoms with Crippen LogP contribution in [0.1, 0.15) is 49.1 Å². The summed E-state index contributed by atoms with van der Waals surface area (Å²) in [4.78, 5) is 26.8. The van der Waals surface area contributed by atoms with E-state index in [1.54, 1.807) is 24.3 Å². The maximum atomic E-state index is 13.6. The molecule has 0 aliphatic heterocycles. The molecular weight excluding hydrogens is 671 g/mol. The molecule has 1 amide bonds. The maximum absolute atomic E-state index is 13.6. The lowest BCUT2D eigenvalue weighted by atomic mass is 10.1. The quantitative estimate of drug-likeness (QED) is 0.123. The molecule has 48 heavy (non-hydrogen) atoms. The standard InChI is InChI=1S/C35H43N3O7S3/c1-24(2)23-38(48(44,45)30-18-14-26(4)15-19-30)32(35(40)41)10-7-8-20-36-34(39)31(22-28-21-27-9-5-6-11-33(27)46-28)37-47(42,43)29-16-12-25(3)13-17-29/h5-6,9,11-19,21,24,31-32,37H,7-8,10,20,22-23H2,1-4H3,(H,36,39)(H,40,41)/t31-,32-/m0/s1. The van der Waals surface area contributed by atoms with E-state index >= 15 is 0 Å². The number of carboxylic acids is 1. The Hall–Kier alpha value is -3.62. The highest BCUT2D eigenvalue weighted by Crippen LogP contribution is 2.27. The van der Waals surface area contributed by atoms with Crippen LogP contribution in [0, 0.1) is 19.8 Å². The van der Waals surface area contributed by atoms with Gasteiger partial charge in [0.15, 0.2) is 0 Å². The lowest BCUT2D eigenvalue weighted by Crippen LogP contribution is -2.48. The third-order valence-corrected chi connectivity index (χ3v) is 12.4. The minimum atomic E-state index is -4.09. The second-order valence-corrected chi connectivity index (χ2v) is 17.1. The van der Waals surface area contributed by atoms with E-state index in [0.29, 0.717) is 12.8 Å². The number of nitrogens with one attached hydrogen (secondary N) is 2. The van der Waals surface area contributed by atoms with Crippen LogP contribution in [0.15, 0.2) is 88.7 Å². The highest BCUT2D eigenvalue weighted by Gasteiger charge is 2.36. The monoisotopic (exact) mass is 713 g/mol. The van der Waals surface area contributed by atoms with Crippen LogP contribution in [0.25, 0.3) is 10.1 Å². The molecule has 2 atom stereocenters. The number of fused-ring (bicyclic) bond motifs is 1. The Morgan fingerprint density at radius 3 is 2.04 bits per heavy atom. The van der Waals surface area contributed by atoms with Crippen molar-refractivity contribution in [1.82, 2.24) is 14.3 Å². The number of rotatable bonds is 17. The van der Waals surface area contributed by atoms with E-state index in [1.807, 2.05) is 58.0 Å². The smallest absolute Gasteiger partial charge is 0.322 e. The largest absolute Gasteiger partial charge is 0.480 e. The van der Waals surface area contributed by atoms with Gasteiger partial charge in [-0.3, -0.25) is 9.59 Å². The number of carbonyl (C=O) groups excluding carboxylic acids is 1. The van der Waals surface area contributed by atoms with Gasteiger partial charge in [-0.2, -0.15) is 9.03 Å². The number of benzene rings is 3. The highest BCUT2D eigenvalue weighted by atomic mass is 32.2. The van der Waals surface area contributed by atoms with Gasteiger partial charge in [0.05, 0.1) is 9.79 Å². The van der Waals surface area contributed by atoms with Gasteiger partial charge >= 0.3 is 5.97 Å². The van der Waals surface area contributed by atoms with Crippen LogP contribution in [-0.2, 0) is 36.1 Å². The van der Waals surface area contributed by atoms with Gasteiger partial charge in [0.2, 0.25) is 26.0 Å². The Bertz CT molecular complexity index is 1890. The van der Waals surface area contributed by atoms with Crippen LogP contribution in [0.4, 0.5) is 0 Å². The summed E-state index contributed by atoms with van der Waals surface area (Å²) in [5.41, 5.74) is 1.79. The molecule has 3 aromatic carbocycles. The highest BCUT2D eigenvalue weighted by molar-refractivity contribution is 7.89. The van der Waals surface area contributed by atoms with E-state index in [-0.39, 0.29) is 41.6 Å². The van der Waals surface area contributed by atoms with Crippen molar-refractivity contribution in [3.63, 3.8) is 0 Å². The van der Waals surface area contributed by atoms with Crippen LogP contribution in [0.2, 0.25) is 0 Å². The first-order valence-electron chi connectivity index (χ1n) is 15.8. The van der Waals surface area contributed by atoms with Gasteiger partial charge in [-0.25, -0.2) is 16.8 Å². The number of carboxylic acid groups (broad SMARTS) is 1. The lowest BCUT2D eigenvalue weighted by molar-refractivity contribution is -0.142. The molecule has 3 N–H and O–H groups in total. The SMILES string of the molecule is Cc1ccc(S(=O)(=O)N[C@@H](Cc2cc3ccccc3s2)C(=O)NCCCC[C@@H](C(=O)O)N(CC(C)C)S(=O)(=O)c2ccc(C)cc2)cc1. The van der Waals surface area contributed by atoms with Crippen molar-refractivity contribution in [3.8, 4) is 0 Å². The fourth-order valence-corrected chi connectivity index (χ4v) is 9.37. The first-order chi connectivity index (χ1) is 22.7. The van der Waals surface area contributed by atoms with Crippen molar-refractivity contribution in [2.24, 2.45) is 5.92 Å². The second-order valence-electron chi connectivity index (χ2n) is 12.4.